The summed E-state index contributed by atoms with van der Waals surface area (Å²) in [5.74, 6) is -0.943. The summed E-state index contributed by atoms with van der Waals surface area (Å²) in [5, 5.41) is 136. The lowest BCUT2D eigenvalue weighted by Crippen LogP contribution is -2.63. The molecular weight excluding hydrogens is 716 g/mol. The number of hydrogen-bond acceptors (Lipinski definition) is 20. The molecule has 4 saturated heterocycles. The number of aliphatic hydroxyl groups excluding tert-OH is 13. The van der Waals surface area contributed by atoms with Crippen molar-refractivity contribution in [1.29, 1.82) is 0 Å². The van der Waals surface area contributed by atoms with E-state index in [2.05, 4.69) is 0 Å². The Morgan fingerprint density at radius 2 is 1.13 bits per heavy atom. The van der Waals surface area contributed by atoms with Gasteiger partial charge >= 0.3 is 0 Å². The van der Waals surface area contributed by atoms with Gasteiger partial charge in [0.25, 0.3) is 0 Å². The fourth-order valence-corrected chi connectivity index (χ4v) is 8.55. The van der Waals surface area contributed by atoms with E-state index in [9.17, 15) is 66.4 Å². The first-order valence-corrected chi connectivity index (χ1v) is 18.4. The third-order valence-corrected chi connectivity index (χ3v) is 11.8. The molecule has 53 heavy (non-hydrogen) atoms. The second kappa shape index (κ2) is 17.4. The van der Waals surface area contributed by atoms with Crippen molar-refractivity contribution in [2.24, 2.45) is 11.8 Å². The molecule has 0 aromatic rings. The fraction of sp³-hybridized carbons (Fsp3) is 1.00. The van der Waals surface area contributed by atoms with E-state index >= 15 is 0 Å². The van der Waals surface area contributed by atoms with Crippen molar-refractivity contribution in [2.45, 2.75) is 180 Å². The van der Waals surface area contributed by atoms with Crippen LogP contribution in [0.5, 0.6) is 0 Å². The standard InChI is InChI=1S/C33H56O20/c1-10-21(38)24(41)27(44)31(48-10)47-9-20-23(40)26(43)29(46)33(53-20)51-18-7-13-15(36)5-12(49-32-28(45)25(42)22(39)19(8-34)52-32)6-17(13)50-30(18)11-2-3-14(35)16(37)4-11/h10-46H,2-9H2,1H3/t10-,11?,12?,13?,14?,15?,16?,17?,18?,19+,20+,21-,22+,23+,24+,25-,26-,27+,28+,29+,30?,31+,32+,33+/m0/s1. The van der Waals surface area contributed by atoms with Crippen LogP contribution in [0.4, 0.5) is 0 Å². The normalized spacial score (nSPS) is 55.4. The Morgan fingerprint density at radius 1 is 0.528 bits per heavy atom. The van der Waals surface area contributed by atoms with Crippen LogP contribution in [0, 0.1) is 11.8 Å². The predicted molar refractivity (Wildman–Crippen MR) is 170 cm³/mol. The second-order valence-electron chi connectivity index (χ2n) is 15.4. The SMILES string of the molecule is C[C@@H]1O[C@@H](OC[C@H]2O[C@@H](OC3CC4C(O)CC(O[C@@H]5O[C@H](CO)[C@@H](O)[C@H](O)[C@H]5O)CC4OC3C3CCC(O)C(O)C3)[C@H](O)[C@@H](O)[C@@H]2O)[C@H](O)[C@H](O)[C@H]1O. The van der Waals surface area contributed by atoms with Gasteiger partial charge < -0.3 is 99.5 Å². The Balaban J connectivity index is 1.15. The lowest BCUT2D eigenvalue weighted by molar-refractivity contribution is -0.348. The first kappa shape index (κ1) is 41.8. The molecule has 2 saturated carbocycles. The van der Waals surface area contributed by atoms with Crippen molar-refractivity contribution in [3.8, 4) is 0 Å². The number of aliphatic hydroxyl groups is 13. The summed E-state index contributed by atoms with van der Waals surface area (Å²) < 4.78 is 41.2. The lowest BCUT2D eigenvalue weighted by Gasteiger charge is -2.52. The Morgan fingerprint density at radius 3 is 1.79 bits per heavy atom. The molecule has 0 aromatic heterocycles. The second-order valence-corrected chi connectivity index (χ2v) is 15.4. The Kier molecular flexibility index (Phi) is 13.7. The average Bonchev–Trinajstić information content (AvgIpc) is 3.13. The van der Waals surface area contributed by atoms with Crippen LogP contribution in [0.15, 0.2) is 0 Å². The third-order valence-electron chi connectivity index (χ3n) is 11.8. The van der Waals surface area contributed by atoms with Crippen molar-refractivity contribution < 1.29 is 99.5 Å². The summed E-state index contributed by atoms with van der Waals surface area (Å²) in [6, 6.07) is 0. The van der Waals surface area contributed by atoms with E-state index in [0.29, 0.717) is 6.42 Å². The Hall–Kier alpha value is -0.800. The first-order chi connectivity index (χ1) is 25.1. The molecule has 2 aliphatic carbocycles. The van der Waals surface area contributed by atoms with Gasteiger partial charge in [0, 0.05) is 18.8 Å². The first-order valence-electron chi connectivity index (χ1n) is 18.4. The molecule has 9 unspecified atom stereocenters. The van der Waals surface area contributed by atoms with Crippen molar-refractivity contribution in [3.05, 3.63) is 0 Å². The summed E-state index contributed by atoms with van der Waals surface area (Å²) in [5.41, 5.74) is 0. The lowest BCUT2D eigenvalue weighted by atomic mass is 9.72. The van der Waals surface area contributed by atoms with Gasteiger partial charge in [-0.05, 0) is 38.5 Å². The van der Waals surface area contributed by atoms with Crippen LogP contribution >= 0.6 is 0 Å². The highest BCUT2D eigenvalue weighted by molar-refractivity contribution is 5.00. The monoisotopic (exact) mass is 772 g/mol. The minimum atomic E-state index is -1.78. The molecule has 308 valence electrons. The summed E-state index contributed by atoms with van der Waals surface area (Å²) in [7, 11) is 0. The van der Waals surface area contributed by atoms with Crippen molar-refractivity contribution in [1.82, 2.24) is 0 Å². The molecule has 0 spiro atoms. The zero-order valence-corrected chi connectivity index (χ0v) is 29.2. The van der Waals surface area contributed by atoms with Crippen LogP contribution in [0.25, 0.3) is 0 Å². The molecule has 4 aliphatic heterocycles. The highest BCUT2D eigenvalue weighted by Crippen LogP contribution is 2.44. The van der Waals surface area contributed by atoms with Crippen LogP contribution < -0.4 is 0 Å². The highest BCUT2D eigenvalue weighted by atomic mass is 16.7. The van der Waals surface area contributed by atoms with Crippen LogP contribution in [0.3, 0.4) is 0 Å². The summed E-state index contributed by atoms with van der Waals surface area (Å²) in [4.78, 5) is 0. The Bertz CT molecular complexity index is 1170. The van der Waals surface area contributed by atoms with Gasteiger partial charge in [0.05, 0.1) is 62.0 Å². The smallest absolute Gasteiger partial charge is 0.187 e. The van der Waals surface area contributed by atoms with Gasteiger partial charge in [0.15, 0.2) is 18.9 Å². The van der Waals surface area contributed by atoms with Gasteiger partial charge in [0.1, 0.15) is 67.1 Å². The topological polar surface area (TPSA) is 328 Å². The molecule has 0 radical (unpaired) electrons. The fourth-order valence-electron chi connectivity index (χ4n) is 8.55. The van der Waals surface area contributed by atoms with Crippen LogP contribution in [-0.2, 0) is 33.2 Å². The minimum Gasteiger partial charge on any atom is -0.394 e. The maximum absolute atomic E-state index is 11.3. The third kappa shape index (κ3) is 8.72. The average molecular weight is 773 g/mol. The van der Waals surface area contributed by atoms with E-state index < -0.39 is 154 Å². The van der Waals surface area contributed by atoms with Gasteiger partial charge in [-0.1, -0.05) is 0 Å². The maximum Gasteiger partial charge on any atom is 0.187 e. The van der Waals surface area contributed by atoms with Gasteiger partial charge in [-0.3, -0.25) is 0 Å². The molecule has 20 nitrogen and oxygen atoms in total. The summed E-state index contributed by atoms with van der Waals surface area (Å²) >= 11 is 0. The van der Waals surface area contributed by atoms with Crippen LogP contribution in [0.2, 0.25) is 0 Å². The quantitative estimate of drug-likeness (QED) is 0.104. The number of hydrogen-bond donors (Lipinski definition) is 13. The molecule has 0 bridgehead atoms. The van der Waals surface area contributed by atoms with Crippen molar-refractivity contribution in [3.63, 3.8) is 0 Å². The number of rotatable bonds is 9. The molecule has 0 aromatic carbocycles. The van der Waals surface area contributed by atoms with E-state index in [4.69, 9.17) is 33.2 Å². The molecule has 20 heteroatoms. The summed E-state index contributed by atoms with van der Waals surface area (Å²) in [6.07, 6.45) is -27.6. The molecular formula is C33H56O20. The zero-order chi connectivity index (χ0) is 38.5. The highest BCUT2D eigenvalue weighted by Gasteiger charge is 2.54. The van der Waals surface area contributed by atoms with E-state index in [1.54, 1.807) is 0 Å². The molecule has 24 atom stereocenters. The van der Waals surface area contributed by atoms with E-state index in [-0.39, 0.29) is 38.0 Å². The van der Waals surface area contributed by atoms with E-state index in [1.807, 2.05) is 0 Å². The molecule has 6 fully saturated rings. The molecule has 6 rings (SSSR count). The van der Waals surface area contributed by atoms with E-state index in [1.165, 1.54) is 6.92 Å². The molecule has 0 amide bonds. The van der Waals surface area contributed by atoms with E-state index in [0.717, 1.165) is 0 Å². The van der Waals surface area contributed by atoms with Crippen LogP contribution in [-0.4, -0.2) is 214 Å². The van der Waals surface area contributed by atoms with Crippen LogP contribution in [0.1, 0.15) is 45.4 Å². The number of ether oxygens (including phenoxy) is 7. The molecule has 13 N–H and O–H groups in total. The number of fused-ring (bicyclic) bond motifs is 1. The van der Waals surface area contributed by atoms with Gasteiger partial charge in [0.2, 0.25) is 0 Å². The Labute approximate surface area is 305 Å². The van der Waals surface area contributed by atoms with Crippen molar-refractivity contribution in [2.75, 3.05) is 13.2 Å². The zero-order valence-electron chi connectivity index (χ0n) is 29.2. The largest absolute Gasteiger partial charge is 0.394 e. The maximum atomic E-state index is 11.3. The molecule has 4 heterocycles. The van der Waals surface area contributed by atoms with Gasteiger partial charge in [-0.2, -0.15) is 0 Å². The minimum absolute atomic E-state index is 0.0393. The van der Waals surface area contributed by atoms with Gasteiger partial charge in [-0.25, -0.2) is 0 Å². The molecule has 6 aliphatic rings. The van der Waals surface area contributed by atoms with Crippen molar-refractivity contribution >= 4 is 0 Å². The van der Waals surface area contributed by atoms with Gasteiger partial charge in [-0.15, -0.1) is 0 Å². The predicted octanol–water partition coefficient (Wildman–Crippen LogP) is -6.34. The summed E-state index contributed by atoms with van der Waals surface area (Å²) in [6.45, 7) is 0.313.